The predicted molar refractivity (Wildman–Crippen MR) is 87.9 cm³/mol. The number of carbonyl (C=O) groups is 2. The van der Waals surface area contributed by atoms with E-state index in [0.29, 0.717) is 11.6 Å². The van der Waals surface area contributed by atoms with Crippen LogP contribution >= 0.6 is 11.6 Å². The van der Waals surface area contributed by atoms with Crippen molar-refractivity contribution in [3.63, 3.8) is 0 Å². The molecule has 4 atom stereocenters. The SMILES string of the molecule is O=C1[C@@H]2[C@@H](C(=O)N1c1ncn(Cc3ccc(Cl)cc3)n1)[C@@H]1CC[C@@H]2O1. The Balaban J connectivity index is 1.39. The Morgan fingerprint density at radius 1 is 1.08 bits per heavy atom. The zero-order valence-corrected chi connectivity index (χ0v) is 14.0. The van der Waals surface area contributed by atoms with Crippen molar-refractivity contribution in [2.75, 3.05) is 4.90 Å². The van der Waals surface area contributed by atoms with Gasteiger partial charge in [-0.15, -0.1) is 5.10 Å². The van der Waals surface area contributed by atoms with Gasteiger partial charge in [0.15, 0.2) is 0 Å². The first-order valence-corrected chi connectivity index (χ1v) is 8.67. The molecular weight excluding hydrogens is 344 g/mol. The highest BCUT2D eigenvalue weighted by molar-refractivity contribution is 6.30. The van der Waals surface area contributed by atoms with Crippen LogP contribution in [0.2, 0.25) is 5.02 Å². The Morgan fingerprint density at radius 2 is 1.72 bits per heavy atom. The van der Waals surface area contributed by atoms with Crippen molar-refractivity contribution in [3.8, 4) is 0 Å². The Hall–Kier alpha value is -2.25. The van der Waals surface area contributed by atoms with E-state index in [1.165, 1.54) is 6.33 Å². The lowest BCUT2D eigenvalue weighted by Crippen LogP contribution is -2.35. The van der Waals surface area contributed by atoms with Crippen LogP contribution in [0, 0.1) is 11.8 Å². The minimum absolute atomic E-state index is 0.132. The number of aromatic nitrogens is 3. The van der Waals surface area contributed by atoms with Gasteiger partial charge in [0, 0.05) is 5.02 Å². The molecule has 2 bridgehead atoms. The van der Waals surface area contributed by atoms with Crippen LogP contribution in [0.25, 0.3) is 0 Å². The first-order valence-electron chi connectivity index (χ1n) is 8.29. The number of imide groups is 1. The van der Waals surface area contributed by atoms with Crippen LogP contribution in [-0.2, 0) is 20.9 Å². The number of rotatable bonds is 3. The second kappa shape index (κ2) is 5.37. The van der Waals surface area contributed by atoms with Gasteiger partial charge in [-0.05, 0) is 30.5 Å². The van der Waals surface area contributed by atoms with Gasteiger partial charge in [0.2, 0.25) is 11.8 Å². The van der Waals surface area contributed by atoms with Gasteiger partial charge in [-0.1, -0.05) is 23.7 Å². The molecule has 2 aromatic rings. The fraction of sp³-hybridized carbons (Fsp3) is 0.412. The molecule has 2 amide bonds. The van der Waals surface area contributed by atoms with Crippen molar-refractivity contribution in [1.29, 1.82) is 0 Å². The highest BCUT2D eigenvalue weighted by atomic mass is 35.5. The van der Waals surface area contributed by atoms with Crippen molar-refractivity contribution in [1.82, 2.24) is 14.8 Å². The molecule has 0 unspecified atom stereocenters. The number of fused-ring (bicyclic) bond motifs is 5. The maximum Gasteiger partial charge on any atom is 0.258 e. The standard InChI is InChI=1S/C17H15ClN4O3/c18-10-3-1-9(2-4-10)7-21-8-19-17(20-21)22-15(23)13-11-5-6-12(25-11)14(13)16(22)24/h1-4,8,11-14H,5-7H2/t11-,12-,13-,14-/m0/s1. The Kier molecular flexibility index (Phi) is 3.23. The van der Waals surface area contributed by atoms with E-state index in [2.05, 4.69) is 10.1 Å². The number of carbonyl (C=O) groups excluding carboxylic acids is 2. The van der Waals surface area contributed by atoms with Gasteiger partial charge in [-0.2, -0.15) is 4.98 Å². The Labute approximate surface area is 148 Å². The summed E-state index contributed by atoms with van der Waals surface area (Å²) in [5, 5.41) is 4.99. The lowest BCUT2D eigenvalue weighted by Gasteiger charge is -2.14. The summed E-state index contributed by atoms with van der Waals surface area (Å²) in [5.41, 5.74) is 1.00. The van der Waals surface area contributed by atoms with E-state index in [1.54, 1.807) is 16.8 Å². The van der Waals surface area contributed by atoms with E-state index >= 15 is 0 Å². The molecule has 0 aliphatic carbocycles. The summed E-state index contributed by atoms with van der Waals surface area (Å²) < 4.78 is 7.34. The summed E-state index contributed by atoms with van der Waals surface area (Å²) in [6.07, 6.45) is 2.96. The summed E-state index contributed by atoms with van der Waals surface area (Å²) in [6.45, 7) is 0.488. The van der Waals surface area contributed by atoms with Crippen molar-refractivity contribution in [2.24, 2.45) is 11.8 Å². The molecule has 3 aliphatic rings. The van der Waals surface area contributed by atoms with Gasteiger partial charge in [0.05, 0.1) is 30.6 Å². The number of nitrogens with zero attached hydrogens (tertiary/aromatic N) is 4. The summed E-state index contributed by atoms with van der Waals surface area (Å²) >= 11 is 5.89. The average molecular weight is 359 g/mol. The molecular formula is C17H15ClN4O3. The fourth-order valence-corrected chi connectivity index (χ4v) is 4.28. The van der Waals surface area contributed by atoms with Crippen LogP contribution in [0.3, 0.4) is 0 Å². The van der Waals surface area contributed by atoms with Crippen molar-refractivity contribution in [3.05, 3.63) is 41.2 Å². The molecule has 1 aromatic carbocycles. The molecule has 3 saturated heterocycles. The molecule has 0 saturated carbocycles. The largest absolute Gasteiger partial charge is 0.373 e. The summed E-state index contributed by atoms with van der Waals surface area (Å²) in [5.74, 6) is -1.04. The molecule has 0 N–H and O–H groups in total. The monoisotopic (exact) mass is 358 g/mol. The van der Waals surface area contributed by atoms with Crippen LogP contribution in [0.5, 0.6) is 0 Å². The van der Waals surface area contributed by atoms with E-state index in [0.717, 1.165) is 23.3 Å². The van der Waals surface area contributed by atoms with E-state index in [1.807, 2.05) is 12.1 Å². The molecule has 0 radical (unpaired) electrons. The third-order valence-electron chi connectivity index (χ3n) is 5.27. The lowest BCUT2D eigenvalue weighted by atomic mass is 9.81. The molecule has 4 heterocycles. The molecule has 1 aromatic heterocycles. The maximum absolute atomic E-state index is 12.7. The minimum atomic E-state index is -0.366. The lowest BCUT2D eigenvalue weighted by molar-refractivity contribution is -0.124. The topological polar surface area (TPSA) is 77.3 Å². The number of ether oxygens (including phenoxy) is 1. The fourth-order valence-electron chi connectivity index (χ4n) is 4.15. The Morgan fingerprint density at radius 3 is 2.36 bits per heavy atom. The number of benzene rings is 1. The van der Waals surface area contributed by atoms with Crippen LogP contribution in [0.4, 0.5) is 5.95 Å². The van der Waals surface area contributed by atoms with E-state index in [4.69, 9.17) is 16.3 Å². The first-order chi connectivity index (χ1) is 12.1. The van der Waals surface area contributed by atoms with Gasteiger partial charge in [0.25, 0.3) is 5.95 Å². The molecule has 7 nitrogen and oxygen atoms in total. The summed E-state index contributed by atoms with van der Waals surface area (Å²) in [6, 6.07) is 7.41. The molecule has 128 valence electrons. The molecule has 3 fully saturated rings. The van der Waals surface area contributed by atoms with Crippen LogP contribution in [-0.4, -0.2) is 38.8 Å². The highest BCUT2D eigenvalue weighted by Crippen LogP contribution is 2.48. The second-order valence-corrected chi connectivity index (χ2v) is 7.16. The number of halogens is 1. The zero-order chi connectivity index (χ0) is 17.1. The summed E-state index contributed by atoms with van der Waals surface area (Å²) in [7, 11) is 0. The summed E-state index contributed by atoms with van der Waals surface area (Å²) in [4.78, 5) is 30.7. The Bertz CT molecular complexity index is 837. The molecule has 5 rings (SSSR count). The minimum Gasteiger partial charge on any atom is -0.373 e. The number of amides is 2. The number of hydrogen-bond donors (Lipinski definition) is 0. The van der Waals surface area contributed by atoms with Gasteiger partial charge in [-0.3, -0.25) is 9.59 Å². The third kappa shape index (κ3) is 2.22. The average Bonchev–Trinajstić information content (AvgIpc) is 3.35. The predicted octanol–water partition coefficient (Wildman–Crippen LogP) is 1.65. The molecule has 0 spiro atoms. The molecule has 3 aliphatic heterocycles. The quantitative estimate of drug-likeness (QED) is 0.780. The van der Waals surface area contributed by atoms with Crippen LogP contribution in [0.15, 0.2) is 30.6 Å². The van der Waals surface area contributed by atoms with Crippen molar-refractivity contribution < 1.29 is 14.3 Å². The third-order valence-corrected chi connectivity index (χ3v) is 5.52. The van der Waals surface area contributed by atoms with E-state index < -0.39 is 0 Å². The van der Waals surface area contributed by atoms with Gasteiger partial charge in [0.1, 0.15) is 6.33 Å². The highest BCUT2D eigenvalue weighted by Gasteiger charge is 2.63. The van der Waals surface area contributed by atoms with Crippen LogP contribution < -0.4 is 4.90 Å². The smallest absolute Gasteiger partial charge is 0.258 e. The normalized spacial score (nSPS) is 30.4. The van der Waals surface area contributed by atoms with E-state index in [-0.39, 0.29) is 41.8 Å². The van der Waals surface area contributed by atoms with Crippen molar-refractivity contribution >= 4 is 29.4 Å². The molecule has 25 heavy (non-hydrogen) atoms. The first kappa shape index (κ1) is 15.0. The van der Waals surface area contributed by atoms with Gasteiger partial charge >= 0.3 is 0 Å². The number of anilines is 1. The second-order valence-electron chi connectivity index (χ2n) is 6.72. The van der Waals surface area contributed by atoms with E-state index in [9.17, 15) is 9.59 Å². The number of hydrogen-bond acceptors (Lipinski definition) is 5. The van der Waals surface area contributed by atoms with Crippen molar-refractivity contribution in [2.45, 2.75) is 31.6 Å². The molecule has 8 heteroatoms. The zero-order valence-electron chi connectivity index (χ0n) is 13.2. The van der Waals surface area contributed by atoms with Gasteiger partial charge < -0.3 is 4.74 Å². The maximum atomic E-state index is 12.7. The van der Waals surface area contributed by atoms with Gasteiger partial charge in [-0.25, -0.2) is 9.58 Å². The van der Waals surface area contributed by atoms with Crippen LogP contribution in [0.1, 0.15) is 18.4 Å².